The number of hydrogen-bond donors (Lipinski definition) is 0. The van der Waals surface area contributed by atoms with E-state index < -0.39 is 24.6 Å². The summed E-state index contributed by atoms with van der Waals surface area (Å²) >= 11 is -3.82. The first-order valence-electron chi connectivity index (χ1n) is 9.18. The van der Waals surface area contributed by atoms with Crippen molar-refractivity contribution in [3.63, 3.8) is 0 Å². The van der Waals surface area contributed by atoms with Gasteiger partial charge in [0, 0.05) is 0 Å². The van der Waals surface area contributed by atoms with Crippen LogP contribution in [0.4, 0.5) is 0 Å². The van der Waals surface area contributed by atoms with E-state index in [1.807, 2.05) is 37.3 Å². The molecule has 2 aliphatic rings. The van der Waals surface area contributed by atoms with Gasteiger partial charge in [0.05, 0.1) is 0 Å². The van der Waals surface area contributed by atoms with Crippen molar-refractivity contribution in [2.45, 2.75) is 45.9 Å². The van der Waals surface area contributed by atoms with Crippen molar-refractivity contribution in [3.8, 4) is 0 Å². The van der Waals surface area contributed by atoms with Gasteiger partial charge >= 0.3 is 164 Å². The molecule has 0 fully saturated rings. The van der Waals surface area contributed by atoms with Crippen LogP contribution in [0.25, 0.3) is 0 Å². The van der Waals surface area contributed by atoms with Crippen molar-refractivity contribution >= 4 is 38.8 Å². The Morgan fingerprint density at radius 3 is 2.00 bits per heavy atom. The molecule has 0 heterocycles. The van der Waals surface area contributed by atoms with Gasteiger partial charge in [0.25, 0.3) is 0 Å². The van der Waals surface area contributed by atoms with Crippen molar-refractivity contribution in [2.24, 2.45) is 5.92 Å². The second-order valence-corrected chi connectivity index (χ2v) is 39.2. The average molecular weight is 537 g/mol. The van der Waals surface area contributed by atoms with Crippen molar-refractivity contribution in [3.05, 3.63) is 71.3 Å². The smallest absolute Gasteiger partial charge is 0.147 e. The second kappa shape index (κ2) is 9.31. The van der Waals surface area contributed by atoms with Crippen LogP contribution in [0.3, 0.4) is 0 Å². The molecule has 28 heavy (non-hydrogen) atoms. The van der Waals surface area contributed by atoms with Crippen LogP contribution in [-0.2, 0) is 24.6 Å². The molecule has 1 aromatic rings. The molecule has 7 heteroatoms. The first-order chi connectivity index (χ1) is 12.1. The van der Waals surface area contributed by atoms with E-state index >= 15 is 0 Å². The van der Waals surface area contributed by atoms with Gasteiger partial charge in [-0.05, 0) is 0 Å². The zero-order valence-corrected chi connectivity index (χ0v) is 24.3. The van der Waals surface area contributed by atoms with Crippen LogP contribution >= 0.6 is 24.8 Å². The molecule has 0 aromatic heterocycles. The molecule has 0 N–H and O–H groups in total. The van der Waals surface area contributed by atoms with Crippen LogP contribution < -0.4 is 0 Å². The van der Waals surface area contributed by atoms with Gasteiger partial charge in [-0.25, -0.2) is 0 Å². The van der Waals surface area contributed by atoms with Crippen molar-refractivity contribution in [1.82, 2.24) is 0 Å². The Kier molecular flexibility index (Phi) is 8.59. The number of allylic oxidation sites excluding steroid dienone is 8. The normalized spacial score (nSPS) is 21.3. The fourth-order valence-electron chi connectivity index (χ4n) is 4.38. The summed E-state index contributed by atoms with van der Waals surface area (Å²) in [5.74, 6) is 0.255. The molecule has 2 atom stereocenters. The van der Waals surface area contributed by atoms with Gasteiger partial charge in [0.1, 0.15) is 0 Å². The maximum absolute atomic E-state index is 14.1. The number of benzene rings is 1. The van der Waals surface area contributed by atoms with Crippen LogP contribution in [0, 0.1) is 12.8 Å². The monoisotopic (exact) mass is 534 g/mol. The summed E-state index contributed by atoms with van der Waals surface area (Å²) in [5.41, 5.74) is 5.00. The quantitative estimate of drug-likeness (QED) is 0.504. The molecule has 2 unspecified atom stereocenters. The molecular formula is C21H30Cl2O2SSiZr. The number of halogens is 2. The summed E-state index contributed by atoms with van der Waals surface area (Å²) in [7, 11) is 0.733. The van der Waals surface area contributed by atoms with Crippen LogP contribution in [-0.4, -0.2) is 15.8 Å². The van der Waals surface area contributed by atoms with E-state index in [0.29, 0.717) is 4.90 Å². The van der Waals surface area contributed by atoms with Crippen LogP contribution in [0.1, 0.15) is 39.7 Å². The summed E-state index contributed by atoms with van der Waals surface area (Å²) in [4.78, 5) is 0.524. The Balaban J connectivity index is 0.00000196. The SMILES string of the molecule is CC1=C(C)C(C)[C]([Zr]([SiH3])([C]2=CC=CC2)[S](=O)(=O)c2ccc(C)cc2)=C1C.Cl.Cl. The van der Waals surface area contributed by atoms with Crippen LogP contribution in [0.5, 0.6) is 0 Å². The fourth-order valence-corrected chi connectivity index (χ4v) is 37.0. The maximum atomic E-state index is 14.1. The molecular weight excluding hydrogens is 507 g/mol. The molecule has 0 aliphatic heterocycles. The number of rotatable bonds is 4. The maximum Gasteiger partial charge on any atom is -0.147 e. The first kappa shape index (κ1) is 25.8. The van der Waals surface area contributed by atoms with Crippen LogP contribution in [0.15, 0.2) is 70.7 Å². The zero-order valence-electron chi connectivity index (χ0n) is 17.4. The summed E-state index contributed by atoms with van der Waals surface area (Å²) in [6, 6.07) is 7.49. The molecule has 0 saturated heterocycles. The minimum Gasteiger partial charge on any atom is -0.147 e. The van der Waals surface area contributed by atoms with Gasteiger partial charge in [-0.3, -0.25) is 0 Å². The van der Waals surface area contributed by atoms with Gasteiger partial charge in [-0.15, -0.1) is 24.8 Å². The van der Waals surface area contributed by atoms with Crippen molar-refractivity contribution < 1.29 is 26.4 Å². The Morgan fingerprint density at radius 2 is 1.57 bits per heavy atom. The summed E-state index contributed by atoms with van der Waals surface area (Å²) in [6.45, 7) is 7.36. The second-order valence-electron chi connectivity index (χ2n) is 7.74. The molecule has 0 spiro atoms. The van der Waals surface area contributed by atoms with E-state index in [2.05, 4.69) is 39.8 Å². The van der Waals surface area contributed by atoms with E-state index in [4.69, 9.17) is 0 Å². The third-order valence-corrected chi connectivity index (χ3v) is 45.9. The van der Waals surface area contributed by atoms with Gasteiger partial charge < -0.3 is 0 Å². The number of hydrogen-bond acceptors (Lipinski definition) is 2. The molecule has 2 nitrogen and oxygen atoms in total. The molecule has 0 bridgehead atoms. The predicted molar refractivity (Wildman–Crippen MR) is 125 cm³/mol. The van der Waals surface area contributed by atoms with E-state index in [0.717, 1.165) is 19.4 Å². The molecule has 0 saturated carbocycles. The van der Waals surface area contributed by atoms with Crippen molar-refractivity contribution in [1.29, 1.82) is 0 Å². The standard InChI is InChI=1S/C9H13.C7H7O2S.C5H5.2ClH.H3Si.Zr/c1-6-5-7(2)9(4)8(6)3;1-6-2-4-7(5-3-6)10(8)9;1-2-4-5-3-1;;;;/h6H,1-4H3;2-5H,1H3;1-3H,4H2;2*1H;1H3;. The molecule has 1 aromatic carbocycles. The van der Waals surface area contributed by atoms with Gasteiger partial charge in [0.2, 0.25) is 0 Å². The molecule has 2 aliphatic carbocycles. The van der Waals surface area contributed by atoms with Gasteiger partial charge in [-0.2, -0.15) is 0 Å². The zero-order chi connectivity index (χ0) is 19.3. The van der Waals surface area contributed by atoms with E-state index in [1.165, 1.54) is 23.3 Å². The Bertz CT molecular complexity index is 992. The molecule has 0 amide bonds. The van der Waals surface area contributed by atoms with Gasteiger partial charge in [0.15, 0.2) is 0 Å². The van der Waals surface area contributed by atoms with E-state index in [1.54, 1.807) is 0 Å². The molecule has 3 rings (SSSR count). The minimum atomic E-state index is -3.82. The predicted octanol–water partition coefficient (Wildman–Crippen LogP) is 5.07. The summed E-state index contributed by atoms with van der Waals surface area (Å²) in [5, 5.41) is 0. The fraction of sp³-hybridized carbons (Fsp3) is 0.333. The van der Waals surface area contributed by atoms with Crippen LogP contribution in [0.2, 0.25) is 0 Å². The van der Waals surface area contributed by atoms with Crippen molar-refractivity contribution in [2.75, 3.05) is 0 Å². The third-order valence-electron chi connectivity index (χ3n) is 6.41. The third kappa shape index (κ3) is 3.90. The number of aryl methyl sites for hydroxylation is 1. The van der Waals surface area contributed by atoms with E-state index in [9.17, 15) is 8.42 Å². The summed E-state index contributed by atoms with van der Waals surface area (Å²) in [6.07, 6.45) is 7.09. The first-order valence-corrected chi connectivity index (χ1v) is 24.5. The topological polar surface area (TPSA) is 34.1 Å². The summed E-state index contributed by atoms with van der Waals surface area (Å²) < 4.78 is 30.6. The Morgan fingerprint density at radius 1 is 1.00 bits per heavy atom. The largest absolute Gasteiger partial charge is 0.147 e. The molecule has 154 valence electrons. The van der Waals surface area contributed by atoms with E-state index in [-0.39, 0.29) is 30.7 Å². The molecule has 0 radical (unpaired) electrons. The average Bonchev–Trinajstić information content (AvgIpc) is 3.20. The Hall–Kier alpha value is -0.190. The minimum absolute atomic E-state index is 0. The Labute approximate surface area is 187 Å². The van der Waals surface area contributed by atoms with Gasteiger partial charge in [-0.1, -0.05) is 0 Å².